The standard InChI is InChI=1S/C17H24N2O/c1-11-7-8-15(12(2)9-11)16-18-13(3)17(20)19(16)10-14-5-4-6-14/h7-9,13-14,16,18H,4-6,10H2,1-3H3. The number of carbonyl (C=O) groups excluding carboxylic acids is 1. The van der Waals surface area contributed by atoms with Gasteiger partial charge in [0.15, 0.2) is 0 Å². The summed E-state index contributed by atoms with van der Waals surface area (Å²) in [6, 6.07) is 6.44. The predicted molar refractivity (Wildman–Crippen MR) is 80.3 cm³/mol. The minimum Gasteiger partial charge on any atom is -0.321 e. The van der Waals surface area contributed by atoms with Crippen LogP contribution in [0.1, 0.15) is 49.0 Å². The Bertz CT molecular complexity index is 522. The highest BCUT2D eigenvalue weighted by atomic mass is 16.2. The normalized spacial score (nSPS) is 26.9. The Labute approximate surface area is 121 Å². The van der Waals surface area contributed by atoms with E-state index in [4.69, 9.17) is 0 Å². The Morgan fingerprint density at radius 2 is 2.05 bits per heavy atom. The molecule has 3 nitrogen and oxygen atoms in total. The molecular weight excluding hydrogens is 248 g/mol. The highest BCUT2D eigenvalue weighted by molar-refractivity contribution is 5.84. The zero-order valence-corrected chi connectivity index (χ0v) is 12.6. The molecule has 20 heavy (non-hydrogen) atoms. The number of nitrogens with one attached hydrogen (secondary N) is 1. The average Bonchev–Trinajstić information content (AvgIpc) is 2.61. The minimum absolute atomic E-state index is 0.0544. The molecule has 1 N–H and O–H groups in total. The molecule has 0 spiro atoms. The van der Waals surface area contributed by atoms with E-state index >= 15 is 0 Å². The van der Waals surface area contributed by atoms with Crippen LogP contribution in [0.5, 0.6) is 0 Å². The molecule has 1 amide bonds. The highest BCUT2D eigenvalue weighted by Crippen LogP contribution is 2.33. The number of benzene rings is 1. The Morgan fingerprint density at radius 1 is 1.30 bits per heavy atom. The van der Waals surface area contributed by atoms with Crippen LogP contribution in [-0.2, 0) is 4.79 Å². The molecule has 1 saturated carbocycles. The second-order valence-electron chi connectivity index (χ2n) is 6.44. The van der Waals surface area contributed by atoms with Crippen molar-refractivity contribution in [1.82, 2.24) is 10.2 Å². The smallest absolute Gasteiger partial charge is 0.241 e. The van der Waals surface area contributed by atoms with Gasteiger partial charge >= 0.3 is 0 Å². The van der Waals surface area contributed by atoms with Crippen molar-refractivity contribution in [2.24, 2.45) is 5.92 Å². The summed E-state index contributed by atoms with van der Waals surface area (Å²) in [6.45, 7) is 7.13. The van der Waals surface area contributed by atoms with E-state index in [1.54, 1.807) is 0 Å². The first-order valence-electron chi connectivity index (χ1n) is 7.70. The number of aryl methyl sites for hydroxylation is 2. The van der Waals surface area contributed by atoms with Gasteiger partial charge in [0, 0.05) is 6.54 Å². The summed E-state index contributed by atoms with van der Waals surface area (Å²) in [7, 11) is 0. The Morgan fingerprint density at radius 3 is 2.65 bits per heavy atom. The molecule has 0 radical (unpaired) electrons. The molecule has 3 heteroatoms. The van der Waals surface area contributed by atoms with E-state index in [0.29, 0.717) is 5.92 Å². The number of nitrogens with zero attached hydrogens (tertiary/aromatic N) is 1. The van der Waals surface area contributed by atoms with Crippen molar-refractivity contribution in [1.29, 1.82) is 0 Å². The quantitative estimate of drug-likeness (QED) is 0.917. The molecule has 2 unspecified atom stereocenters. The number of carbonyl (C=O) groups is 1. The van der Waals surface area contributed by atoms with Crippen molar-refractivity contribution in [3.05, 3.63) is 34.9 Å². The van der Waals surface area contributed by atoms with Crippen molar-refractivity contribution < 1.29 is 4.79 Å². The van der Waals surface area contributed by atoms with E-state index in [9.17, 15) is 4.79 Å². The third kappa shape index (κ3) is 2.35. The maximum Gasteiger partial charge on any atom is 0.241 e. The molecular formula is C17H24N2O. The first kappa shape index (κ1) is 13.6. The van der Waals surface area contributed by atoms with Crippen LogP contribution in [0.4, 0.5) is 0 Å². The van der Waals surface area contributed by atoms with Gasteiger partial charge in [0.2, 0.25) is 5.91 Å². The summed E-state index contributed by atoms with van der Waals surface area (Å²) in [5.41, 5.74) is 3.78. The fourth-order valence-corrected chi connectivity index (χ4v) is 3.31. The fourth-order valence-electron chi connectivity index (χ4n) is 3.31. The summed E-state index contributed by atoms with van der Waals surface area (Å²) in [5.74, 6) is 0.959. The summed E-state index contributed by atoms with van der Waals surface area (Å²) >= 11 is 0. The van der Waals surface area contributed by atoms with Crippen LogP contribution in [-0.4, -0.2) is 23.4 Å². The summed E-state index contributed by atoms with van der Waals surface area (Å²) < 4.78 is 0. The summed E-state index contributed by atoms with van der Waals surface area (Å²) in [4.78, 5) is 14.5. The molecule has 0 aromatic heterocycles. The molecule has 1 aromatic carbocycles. The SMILES string of the molecule is Cc1ccc(C2NC(C)C(=O)N2CC2CCC2)c(C)c1. The molecule has 2 atom stereocenters. The van der Waals surface area contributed by atoms with E-state index in [0.717, 1.165) is 6.54 Å². The largest absolute Gasteiger partial charge is 0.321 e. The van der Waals surface area contributed by atoms with Crippen molar-refractivity contribution in [2.45, 2.75) is 52.2 Å². The van der Waals surface area contributed by atoms with Crippen LogP contribution in [0.15, 0.2) is 18.2 Å². The Balaban J connectivity index is 1.86. The lowest BCUT2D eigenvalue weighted by Crippen LogP contribution is -2.37. The van der Waals surface area contributed by atoms with E-state index in [2.05, 4.69) is 42.3 Å². The van der Waals surface area contributed by atoms with Gasteiger partial charge < -0.3 is 4.90 Å². The van der Waals surface area contributed by atoms with E-state index in [-0.39, 0.29) is 18.1 Å². The van der Waals surface area contributed by atoms with Gasteiger partial charge in [-0.05, 0) is 50.7 Å². The molecule has 1 aliphatic carbocycles. The molecule has 1 heterocycles. The van der Waals surface area contributed by atoms with Gasteiger partial charge in [0.25, 0.3) is 0 Å². The van der Waals surface area contributed by atoms with E-state index in [1.165, 1.54) is 36.0 Å². The molecule has 2 fully saturated rings. The van der Waals surface area contributed by atoms with Gasteiger partial charge in [0.05, 0.1) is 6.04 Å². The van der Waals surface area contributed by atoms with Gasteiger partial charge in [-0.1, -0.05) is 30.2 Å². The number of hydrogen-bond donors (Lipinski definition) is 1. The molecule has 1 aromatic rings. The minimum atomic E-state index is -0.0687. The molecule has 1 saturated heterocycles. The van der Waals surface area contributed by atoms with Crippen molar-refractivity contribution >= 4 is 5.91 Å². The van der Waals surface area contributed by atoms with Crippen molar-refractivity contribution in [2.75, 3.05) is 6.54 Å². The van der Waals surface area contributed by atoms with Gasteiger partial charge in [-0.25, -0.2) is 0 Å². The zero-order valence-electron chi connectivity index (χ0n) is 12.6. The molecule has 2 aliphatic rings. The monoisotopic (exact) mass is 272 g/mol. The maximum atomic E-state index is 12.4. The molecule has 0 bridgehead atoms. The lowest BCUT2D eigenvalue weighted by molar-refractivity contribution is -0.130. The van der Waals surface area contributed by atoms with Crippen LogP contribution in [0.25, 0.3) is 0 Å². The van der Waals surface area contributed by atoms with Crippen LogP contribution >= 0.6 is 0 Å². The second-order valence-corrected chi connectivity index (χ2v) is 6.44. The lowest BCUT2D eigenvalue weighted by Gasteiger charge is -2.33. The third-order valence-electron chi connectivity index (χ3n) is 4.77. The average molecular weight is 272 g/mol. The highest BCUT2D eigenvalue weighted by Gasteiger charge is 2.39. The molecule has 3 rings (SSSR count). The second kappa shape index (κ2) is 5.21. The van der Waals surface area contributed by atoms with Gasteiger partial charge in [-0.3, -0.25) is 10.1 Å². The lowest BCUT2D eigenvalue weighted by atomic mass is 9.85. The fraction of sp³-hybridized carbons (Fsp3) is 0.588. The van der Waals surface area contributed by atoms with Crippen LogP contribution in [0.3, 0.4) is 0 Å². The maximum absolute atomic E-state index is 12.4. The zero-order chi connectivity index (χ0) is 14.3. The van der Waals surface area contributed by atoms with Crippen LogP contribution < -0.4 is 5.32 Å². The molecule has 108 valence electrons. The van der Waals surface area contributed by atoms with Crippen molar-refractivity contribution in [3.63, 3.8) is 0 Å². The van der Waals surface area contributed by atoms with Gasteiger partial charge in [-0.2, -0.15) is 0 Å². The number of amides is 1. The Kier molecular flexibility index (Phi) is 3.55. The third-order valence-corrected chi connectivity index (χ3v) is 4.77. The number of hydrogen-bond acceptors (Lipinski definition) is 2. The van der Waals surface area contributed by atoms with Gasteiger partial charge in [-0.15, -0.1) is 0 Å². The summed E-state index contributed by atoms with van der Waals surface area (Å²) in [5, 5.41) is 3.46. The molecule has 1 aliphatic heterocycles. The van der Waals surface area contributed by atoms with E-state index in [1.807, 2.05) is 6.92 Å². The van der Waals surface area contributed by atoms with Crippen molar-refractivity contribution in [3.8, 4) is 0 Å². The van der Waals surface area contributed by atoms with Crippen LogP contribution in [0.2, 0.25) is 0 Å². The summed E-state index contributed by atoms with van der Waals surface area (Å²) in [6.07, 6.45) is 3.93. The predicted octanol–water partition coefficient (Wildman–Crippen LogP) is 2.92. The number of rotatable bonds is 3. The van der Waals surface area contributed by atoms with E-state index < -0.39 is 0 Å². The van der Waals surface area contributed by atoms with Crippen LogP contribution in [0, 0.1) is 19.8 Å². The first-order valence-corrected chi connectivity index (χ1v) is 7.70. The first-order chi connectivity index (χ1) is 9.56. The van der Waals surface area contributed by atoms with Gasteiger partial charge in [0.1, 0.15) is 6.17 Å². The topological polar surface area (TPSA) is 32.3 Å². The Hall–Kier alpha value is -1.35.